The maximum Gasteiger partial charge on any atom is 0.127 e. The van der Waals surface area contributed by atoms with Gasteiger partial charge < -0.3 is 9.47 Å². The zero-order chi connectivity index (χ0) is 32.3. The summed E-state index contributed by atoms with van der Waals surface area (Å²) >= 11 is 1.65. The molecular formula is C42H32N2O2S. The van der Waals surface area contributed by atoms with E-state index in [4.69, 9.17) is 9.47 Å². The van der Waals surface area contributed by atoms with E-state index in [-0.39, 0.29) is 0 Å². The Morgan fingerprint density at radius 2 is 0.830 bits per heavy atom. The summed E-state index contributed by atoms with van der Waals surface area (Å²) in [4.78, 5) is 11.4. The summed E-state index contributed by atoms with van der Waals surface area (Å²) in [6.45, 7) is 0. The third-order valence-electron chi connectivity index (χ3n) is 7.35. The van der Waals surface area contributed by atoms with Crippen molar-refractivity contribution in [3.05, 3.63) is 180 Å². The molecule has 0 spiro atoms. The molecule has 4 nitrogen and oxygen atoms in total. The zero-order valence-electron chi connectivity index (χ0n) is 26.1. The number of methoxy groups -OCH3 is 2. The quantitative estimate of drug-likeness (QED) is 0.142. The fourth-order valence-electron chi connectivity index (χ4n) is 5.04. The maximum atomic E-state index is 5.85. The monoisotopic (exact) mass is 628 g/mol. The first-order valence-corrected chi connectivity index (χ1v) is 16.0. The summed E-state index contributed by atoms with van der Waals surface area (Å²) in [5, 5.41) is 0. The molecule has 0 saturated heterocycles. The first-order chi connectivity index (χ1) is 23.2. The van der Waals surface area contributed by atoms with Crippen molar-refractivity contribution in [2.75, 3.05) is 14.2 Å². The highest BCUT2D eigenvalue weighted by molar-refractivity contribution is 7.99. The second-order valence-electron chi connectivity index (χ2n) is 10.4. The summed E-state index contributed by atoms with van der Waals surface area (Å²) < 4.78 is 11.7. The van der Waals surface area contributed by atoms with Crippen molar-refractivity contribution in [3.63, 3.8) is 0 Å². The van der Waals surface area contributed by atoms with E-state index in [0.717, 1.165) is 66.1 Å². The maximum absolute atomic E-state index is 5.85. The summed E-state index contributed by atoms with van der Waals surface area (Å²) in [5.74, 6) is 8.15. The number of rotatable bonds is 10. The number of aliphatic imine (C=N–C) groups is 2. The molecule has 0 aliphatic rings. The Labute approximate surface area is 280 Å². The smallest absolute Gasteiger partial charge is 0.127 e. The van der Waals surface area contributed by atoms with Gasteiger partial charge in [-0.05, 0) is 83.5 Å². The van der Waals surface area contributed by atoms with Gasteiger partial charge >= 0.3 is 0 Å². The van der Waals surface area contributed by atoms with Crippen molar-refractivity contribution >= 4 is 46.0 Å². The Balaban J connectivity index is 1.43. The Kier molecular flexibility index (Phi) is 10.2. The number of benzene rings is 6. The van der Waals surface area contributed by atoms with Crippen LogP contribution in [-0.2, 0) is 0 Å². The minimum Gasteiger partial charge on any atom is -0.496 e. The van der Waals surface area contributed by atoms with Gasteiger partial charge in [0.2, 0.25) is 0 Å². The van der Waals surface area contributed by atoms with E-state index >= 15 is 0 Å². The SMILES string of the molecule is COc1ccc(Sc2ccc(OC)c(C(=C=Nc3ccccc3)c3ccccc3)c2)cc1C(=C=Nc1ccccc1)c1ccccc1. The second-order valence-corrected chi connectivity index (χ2v) is 11.6. The number of ether oxygens (including phenoxy) is 2. The molecule has 0 aliphatic carbocycles. The predicted octanol–water partition coefficient (Wildman–Crippen LogP) is 10.7. The van der Waals surface area contributed by atoms with Crippen molar-refractivity contribution in [3.8, 4) is 11.5 Å². The Bertz CT molecular complexity index is 1930. The van der Waals surface area contributed by atoms with Crippen LogP contribution < -0.4 is 9.47 Å². The van der Waals surface area contributed by atoms with E-state index in [1.807, 2.05) is 109 Å². The topological polar surface area (TPSA) is 43.2 Å². The molecule has 47 heavy (non-hydrogen) atoms. The Hall–Kier alpha value is -5.83. The van der Waals surface area contributed by atoms with Crippen LogP contribution in [0.25, 0.3) is 11.1 Å². The lowest BCUT2D eigenvalue weighted by Gasteiger charge is -2.14. The van der Waals surface area contributed by atoms with Gasteiger partial charge in [-0.15, -0.1) is 0 Å². The minimum atomic E-state index is 0.741. The van der Waals surface area contributed by atoms with Gasteiger partial charge in [0.05, 0.1) is 36.7 Å². The van der Waals surface area contributed by atoms with Gasteiger partial charge in [-0.25, -0.2) is 9.98 Å². The van der Waals surface area contributed by atoms with Crippen LogP contribution in [-0.4, -0.2) is 26.0 Å². The molecule has 0 aromatic heterocycles. The second kappa shape index (κ2) is 15.4. The molecule has 0 aliphatic heterocycles. The van der Waals surface area contributed by atoms with Gasteiger partial charge in [0.15, 0.2) is 0 Å². The van der Waals surface area contributed by atoms with E-state index in [1.165, 1.54) is 0 Å². The molecule has 0 saturated carbocycles. The van der Waals surface area contributed by atoms with E-state index in [9.17, 15) is 0 Å². The van der Waals surface area contributed by atoms with E-state index < -0.39 is 0 Å². The third kappa shape index (κ3) is 7.88. The van der Waals surface area contributed by atoms with Gasteiger partial charge in [-0.1, -0.05) is 109 Å². The number of para-hydroxylation sites is 2. The van der Waals surface area contributed by atoms with Crippen LogP contribution in [0.15, 0.2) is 178 Å². The summed E-state index contributed by atoms with van der Waals surface area (Å²) in [5.41, 5.74) is 7.13. The molecule has 6 rings (SSSR count). The van der Waals surface area contributed by atoms with E-state index in [0.29, 0.717) is 0 Å². The van der Waals surface area contributed by atoms with Gasteiger partial charge in [-0.2, -0.15) is 0 Å². The predicted molar refractivity (Wildman–Crippen MR) is 195 cm³/mol. The number of hydrogen-bond donors (Lipinski definition) is 0. The van der Waals surface area contributed by atoms with Crippen molar-refractivity contribution in [2.24, 2.45) is 9.98 Å². The van der Waals surface area contributed by atoms with Crippen LogP contribution in [0.3, 0.4) is 0 Å². The average molecular weight is 629 g/mol. The van der Waals surface area contributed by atoms with Crippen LogP contribution in [0.1, 0.15) is 22.3 Å². The zero-order valence-corrected chi connectivity index (χ0v) is 26.9. The van der Waals surface area contributed by atoms with Gasteiger partial charge in [0.25, 0.3) is 0 Å². The average Bonchev–Trinajstić information content (AvgIpc) is 3.14. The van der Waals surface area contributed by atoms with Crippen LogP contribution in [0.4, 0.5) is 11.4 Å². The van der Waals surface area contributed by atoms with Crippen molar-refractivity contribution in [1.82, 2.24) is 0 Å². The van der Waals surface area contributed by atoms with Crippen molar-refractivity contribution in [2.45, 2.75) is 9.79 Å². The van der Waals surface area contributed by atoms with E-state index in [1.54, 1.807) is 26.0 Å². The molecule has 0 atom stereocenters. The van der Waals surface area contributed by atoms with Gasteiger partial charge in [0.1, 0.15) is 11.5 Å². The van der Waals surface area contributed by atoms with Crippen LogP contribution in [0.5, 0.6) is 11.5 Å². The third-order valence-corrected chi connectivity index (χ3v) is 8.33. The lowest BCUT2D eigenvalue weighted by molar-refractivity contribution is 0.413. The molecule has 0 amide bonds. The molecule has 0 N–H and O–H groups in total. The first kappa shape index (κ1) is 31.2. The molecule has 0 heterocycles. The highest BCUT2D eigenvalue weighted by atomic mass is 32.2. The first-order valence-electron chi connectivity index (χ1n) is 15.1. The summed E-state index contributed by atoms with van der Waals surface area (Å²) in [6.07, 6.45) is 0. The highest BCUT2D eigenvalue weighted by Crippen LogP contribution is 2.39. The van der Waals surface area contributed by atoms with Gasteiger partial charge in [-0.3, -0.25) is 0 Å². The summed E-state index contributed by atoms with van der Waals surface area (Å²) in [7, 11) is 3.37. The highest BCUT2D eigenvalue weighted by Gasteiger charge is 2.16. The molecule has 0 bridgehead atoms. The van der Waals surface area contributed by atoms with E-state index in [2.05, 4.69) is 70.3 Å². The van der Waals surface area contributed by atoms with Gasteiger partial charge in [0, 0.05) is 20.9 Å². The molecule has 6 aromatic carbocycles. The standard InChI is InChI=1S/C42H32N2O2S/c1-45-41-25-23-35(27-37(41)39(31-15-7-3-8-16-31)29-43-33-19-11-5-12-20-33)47-36-24-26-42(46-2)38(28-36)40(32-17-9-4-10-18-32)30-44-34-21-13-6-14-22-34/h3-28H,1-2H3. The summed E-state index contributed by atoms with van der Waals surface area (Å²) in [6, 6.07) is 52.4. The molecule has 0 radical (unpaired) electrons. The molecule has 5 heteroatoms. The lowest BCUT2D eigenvalue weighted by Crippen LogP contribution is -1.96. The number of hydrogen-bond acceptors (Lipinski definition) is 5. The van der Waals surface area contributed by atoms with Crippen molar-refractivity contribution < 1.29 is 9.47 Å². The van der Waals surface area contributed by atoms with Crippen LogP contribution in [0.2, 0.25) is 0 Å². The minimum absolute atomic E-state index is 0.741. The fourth-order valence-corrected chi connectivity index (χ4v) is 5.94. The molecule has 0 unspecified atom stereocenters. The van der Waals surface area contributed by atoms with Crippen LogP contribution in [0, 0.1) is 0 Å². The Morgan fingerprint density at radius 1 is 0.468 bits per heavy atom. The lowest BCUT2D eigenvalue weighted by atomic mass is 9.98. The van der Waals surface area contributed by atoms with Crippen molar-refractivity contribution in [1.29, 1.82) is 0 Å². The normalized spacial score (nSPS) is 10.3. The van der Waals surface area contributed by atoms with Crippen LogP contribution >= 0.6 is 11.8 Å². The molecule has 0 fully saturated rings. The fraction of sp³-hybridized carbons (Fsp3) is 0.0476. The molecule has 228 valence electrons. The molecular weight excluding hydrogens is 597 g/mol. The number of nitrogens with zero attached hydrogens (tertiary/aromatic N) is 2. The largest absolute Gasteiger partial charge is 0.496 e. The molecule has 6 aromatic rings. The Morgan fingerprint density at radius 3 is 1.19 bits per heavy atom.